The molecule has 0 radical (unpaired) electrons. The van der Waals surface area contributed by atoms with Gasteiger partial charge in [-0.2, -0.15) is 0 Å². The van der Waals surface area contributed by atoms with Gasteiger partial charge in [-0.25, -0.2) is 9.97 Å². The van der Waals surface area contributed by atoms with Crippen molar-refractivity contribution in [2.45, 2.75) is 6.92 Å². The molecule has 0 aliphatic rings. The van der Waals surface area contributed by atoms with E-state index >= 15 is 0 Å². The van der Waals surface area contributed by atoms with Gasteiger partial charge in [0.1, 0.15) is 4.60 Å². The van der Waals surface area contributed by atoms with E-state index in [0.29, 0.717) is 10.4 Å². The van der Waals surface area contributed by atoms with E-state index in [0.717, 1.165) is 5.56 Å². The van der Waals surface area contributed by atoms with E-state index < -0.39 is 0 Å². The summed E-state index contributed by atoms with van der Waals surface area (Å²) in [5.41, 5.74) is 0.780. The number of nitrogens with zero attached hydrogens (tertiary/aromatic N) is 2. The van der Waals surface area contributed by atoms with Gasteiger partial charge in [-0.05, 0) is 28.9 Å². The minimum absolute atomic E-state index is 0.282. The first-order valence-corrected chi connectivity index (χ1v) is 5.29. The number of hydrogen-bond donors (Lipinski definition) is 1. The quantitative estimate of drug-likeness (QED) is 0.918. The molecule has 82 valence electrons. The third kappa shape index (κ3) is 2.27. The predicted octanol–water partition coefficient (Wildman–Crippen LogP) is 2.39. The van der Waals surface area contributed by atoms with Gasteiger partial charge < -0.3 is 9.73 Å². The Morgan fingerprint density at radius 2 is 2.25 bits per heavy atom. The molecule has 0 aliphatic carbocycles. The van der Waals surface area contributed by atoms with Crippen molar-refractivity contribution in [1.29, 1.82) is 0 Å². The van der Waals surface area contributed by atoms with E-state index in [9.17, 15) is 4.79 Å². The van der Waals surface area contributed by atoms with E-state index in [4.69, 9.17) is 4.42 Å². The van der Waals surface area contributed by atoms with Gasteiger partial charge in [0.15, 0.2) is 11.6 Å². The third-order valence-corrected chi connectivity index (χ3v) is 2.34. The fraction of sp³-hybridized carbons (Fsp3) is 0.100. The molecule has 2 aromatic rings. The van der Waals surface area contributed by atoms with E-state index in [1.165, 1.54) is 18.7 Å². The highest BCUT2D eigenvalue weighted by atomic mass is 79.9. The fourth-order valence-corrected chi connectivity index (χ4v) is 1.36. The first-order valence-electron chi connectivity index (χ1n) is 4.50. The van der Waals surface area contributed by atoms with Crippen molar-refractivity contribution in [3.63, 3.8) is 0 Å². The smallest absolute Gasteiger partial charge is 0.292 e. The Balaban J connectivity index is 2.14. The SMILES string of the molecule is Cc1ccoc1C(=O)Nc1cnc(Br)cn1. The number of carbonyl (C=O) groups is 1. The Morgan fingerprint density at radius 3 is 2.81 bits per heavy atom. The highest BCUT2D eigenvalue weighted by Crippen LogP contribution is 2.12. The van der Waals surface area contributed by atoms with Crippen molar-refractivity contribution in [3.8, 4) is 0 Å². The van der Waals surface area contributed by atoms with Gasteiger partial charge in [-0.3, -0.25) is 4.79 Å². The van der Waals surface area contributed by atoms with Crippen LogP contribution in [0.3, 0.4) is 0 Å². The first kappa shape index (κ1) is 10.8. The lowest BCUT2D eigenvalue weighted by molar-refractivity contribution is 0.0995. The van der Waals surface area contributed by atoms with E-state index in [1.807, 2.05) is 0 Å². The second-order valence-electron chi connectivity index (χ2n) is 3.11. The molecule has 0 atom stereocenters. The van der Waals surface area contributed by atoms with Gasteiger partial charge in [0, 0.05) is 5.56 Å². The summed E-state index contributed by atoms with van der Waals surface area (Å²) in [5, 5.41) is 2.59. The van der Waals surface area contributed by atoms with Crippen LogP contribution in [0.5, 0.6) is 0 Å². The summed E-state index contributed by atoms with van der Waals surface area (Å²) in [7, 11) is 0. The zero-order valence-corrected chi connectivity index (χ0v) is 9.98. The normalized spacial score (nSPS) is 10.1. The molecule has 6 heteroatoms. The molecule has 0 saturated carbocycles. The summed E-state index contributed by atoms with van der Waals surface area (Å²) in [6.45, 7) is 1.80. The van der Waals surface area contributed by atoms with Crippen LogP contribution >= 0.6 is 15.9 Å². The van der Waals surface area contributed by atoms with Crippen LogP contribution in [0.25, 0.3) is 0 Å². The number of anilines is 1. The van der Waals surface area contributed by atoms with Crippen LogP contribution in [0.4, 0.5) is 5.82 Å². The minimum Gasteiger partial charge on any atom is -0.459 e. The van der Waals surface area contributed by atoms with Crippen molar-refractivity contribution in [2.24, 2.45) is 0 Å². The van der Waals surface area contributed by atoms with Crippen molar-refractivity contribution in [2.75, 3.05) is 5.32 Å². The van der Waals surface area contributed by atoms with Gasteiger partial charge in [0.05, 0.1) is 18.7 Å². The number of furan rings is 1. The maximum Gasteiger partial charge on any atom is 0.292 e. The molecule has 1 N–H and O–H groups in total. The largest absolute Gasteiger partial charge is 0.459 e. The molecule has 0 saturated heterocycles. The Labute approximate surface area is 100 Å². The Hall–Kier alpha value is -1.69. The number of nitrogens with one attached hydrogen (secondary N) is 1. The van der Waals surface area contributed by atoms with Crippen LogP contribution in [0, 0.1) is 6.92 Å². The monoisotopic (exact) mass is 281 g/mol. The van der Waals surface area contributed by atoms with Crippen molar-refractivity contribution < 1.29 is 9.21 Å². The Bertz CT molecular complexity index is 507. The van der Waals surface area contributed by atoms with Crippen LogP contribution in [0.2, 0.25) is 0 Å². The van der Waals surface area contributed by atoms with Crippen LogP contribution in [-0.4, -0.2) is 15.9 Å². The molecule has 2 rings (SSSR count). The van der Waals surface area contributed by atoms with Gasteiger partial charge >= 0.3 is 0 Å². The average molecular weight is 282 g/mol. The zero-order chi connectivity index (χ0) is 11.5. The van der Waals surface area contributed by atoms with Gasteiger partial charge in [-0.1, -0.05) is 0 Å². The average Bonchev–Trinajstić information content (AvgIpc) is 2.68. The number of halogens is 1. The second kappa shape index (κ2) is 4.44. The summed E-state index contributed by atoms with van der Waals surface area (Å²) >= 11 is 3.16. The molecular formula is C10H8BrN3O2. The number of carbonyl (C=O) groups excluding carboxylic acids is 1. The van der Waals surface area contributed by atoms with E-state index in [-0.39, 0.29) is 11.7 Å². The molecule has 16 heavy (non-hydrogen) atoms. The molecule has 0 fully saturated rings. The zero-order valence-electron chi connectivity index (χ0n) is 8.40. The summed E-state index contributed by atoms with van der Waals surface area (Å²) in [6, 6.07) is 1.72. The summed E-state index contributed by atoms with van der Waals surface area (Å²) in [4.78, 5) is 19.6. The van der Waals surface area contributed by atoms with Crippen LogP contribution < -0.4 is 5.32 Å². The van der Waals surface area contributed by atoms with Gasteiger partial charge in [0.2, 0.25) is 0 Å². The third-order valence-electron chi connectivity index (χ3n) is 1.93. The lowest BCUT2D eigenvalue weighted by Gasteiger charge is -2.01. The highest BCUT2D eigenvalue weighted by molar-refractivity contribution is 9.10. The summed E-state index contributed by atoms with van der Waals surface area (Å²) < 4.78 is 5.66. The van der Waals surface area contributed by atoms with Crippen molar-refractivity contribution in [1.82, 2.24) is 9.97 Å². The maximum absolute atomic E-state index is 11.7. The number of amides is 1. The molecular weight excluding hydrogens is 274 g/mol. The van der Waals surface area contributed by atoms with Crippen LogP contribution in [-0.2, 0) is 0 Å². The standard InChI is InChI=1S/C10H8BrN3O2/c1-6-2-3-16-9(6)10(15)14-8-5-12-7(11)4-13-8/h2-5H,1H3,(H,13,14,15). The lowest BCUT2D eigenvalue weighted by atomic mass is 10.3. The molecule has 2 aromatic heterocycles. The minimum atomic E-state index is -0.334. The number of rotatable bonds is 2. The lowest BCUT2D eigenvalue weighted by Crippen LogP contribution is -2.13. The van der Waals surface area contributed by atoms with E-state index in [2.05, 4.69) is 31.2 Å². The maximum atomic E-state index is 11.7. The molecule has 0 bridgehead atoms. The number of aryl methyl sites for hydroxylation is 1. The van der Waals surface area contributed by atoms with Gasteiger partial charge in [-0.15, -0.1) is 0 Å². The summed E-state index contributed by atoms with van der Waals surface area (Å²) in [6.07, 6.45) is 4.43. The number of hydrogen-bond acceptors (Lipinski definition) is 4. The highest BCUT2D eigenvalue weighted by Gasteiger charge is 2.13. The molecule has 5 nitrogen and oxygen atoms in total. The molecule has 2 heterocycles. The van der Waals surface area contributed by atoms with Crippen LogP contribution in [0.15, 0.2) is 33.7 Å². The predicted molar refractivity (Wildman–Crippen MR) is 61.1 cm³/mol. The Kier molecular flexibility index (Phi) is 3.00. The number of aromatic nitrogens is 2. The molecule has 0 spiro atoms. The molecule has 0 aliphatic heterocycles. The Morgan fingerprint density at radius 1 is 1.44 bits per heavy atom. The van der Waals surface area contributed by atoms with Gasteiger partial charge in [0.25, 0.3) is 5.91 Å². The van der Waals surface area contributed by atoms with Crippen molar-refractivity contribution >= 4 is 27.7 Å². The molecule has 1 amide bonds. The molecule has 0 unspecified atom stereocenters. The van der Waals surface area contributed by atoms with Crippen LogP contribution in [0.1, 0.15) is 16.1 Å². The van der Waals surface area contributed by atoms with Crippen molar-refractivity contribution in [3.05, 3.63) is 40.7 Å². The second-order valence-corrected chi connectivity index (χ2v) is 3.92. The molecule has 0 aromatic carbocycles. The van der Waals surface area contributed by atoms with E-state index in [1.54, 1.807) is 13.0 Å². The fourth-order valence-electron chi connectivity index (χ4n) is 1.16. The summed E-state index contributed by atoms with van der Waals surface area (Å²) in [5.74, 6) is 0.327. The topological polar surface area (TPSA) is 68.0 Å². The first-order chi connectivity index (χ1) is 7.66.